The number of rotatable bonds is 6. The molecule has 0 saturated heterocycles. The monoisotopic (exact) mass is 423 g/mol. The number of anilines is 1. The second-order valence-electron chi connectivity index (χ2n) is 5.02. The first-order valence-corrected chi connectivity index (χ1v) is 8.10. The molecule has 0 radical (unpaired) electrons. The highest BCUT2D eigenvalue weighted by atomic mass is 127. The number of carbonyl (C=O) groups excluding carboxylic acids is 1. The normalized spacial score (nSPS) is 10.6. The molecule has 1 N–H and O–H groups in total. The Bertz CT molecular complexity index is 667. The number of ether oxygens (including phenoxy) is 1. The molecule has 1 amide bonds. The molecule has 23 heavy (non-hydrogen) atoms. The molecule has 0 fully saturated rings. The average molecular weight is 423 g/mol. The molecule has 5 nitrogen and oxygen atoms in total. The molecule has 120 valence electrons. The van der Waals surface area contributed by atoms with Crippen molar-refractivity contribution in [3.8, 4) is 5.75 Å². The Labute approximate surface area is 149 Å². The molecule has 0 saturated carbocycles. The number of benzene rings is 2. The summed E-state index contributed by atoms with van der Waals surface area (Å²) in [5.41, 5.74) is 4.46. The Morgan fingerprint density at radius 3 is 2.43 bits per heavy atom. The zero-order valence-corrected chi connectivity index (χ0v) is 15.1. The maximum Gasteiger partial charge on any atom is 0.277 e. The van der Waals surface area contributed by atoms with Crippen molar-refractivity contribution in [2.24, 2.45) is 5.10 Å². The quantitative estimate of drug-likeness (QED) is 0.442. The van der Waals surface area contributed by atoms with Crippen molar-refractivity contribution in [1.82, 2.24) is 5.43 Å². The molecule has 0 bridgehead atoms. The van der Waals surface area contributed by atoms with E-state index in [0.29, 0.717) is 5.75 Å². The molecular formula is C17H18IN3O2. The van der Waals surface area contributed by atoms with E-state index in [2.05, 4.69) is 33.1 Å². The van der Waals surface area contributed by atoms with Gasteiger partial charge in [0.2, 0.25) is 0 Å². The summed E-state index contributed by atoms with van der Waals surface area (Å²) in [5.74, 6) is 0.355. The lowest BCUT2D eigenvalue weighted by Gasteiger charge is -2.11. The molecule has 0 atom stereocenters. The van der Waals surface area contributed by atoms with Crippen LogP contribution in [-0.4, -0.2) is 32.8 Å². The second-order valence-corrected chi connectivity index (χ2v) is 6.27. The number of carbonyl (C=O) groups is 1. The first-order chi connectivity index (χ1) is 11.0. The van der Waals surface area contributed by atoms with Gasteiger partial charge >= 0.3 is 0 Å². The molecule has 0 heterocycles. The van der Waals surface area contributed by atoms with Gasteiger partial charge in [0.05, 0.1) is 6.21 Å². The summed E-state index contributed by atoms with van der Waals surface area (Å²) in [7, 11) is 3.97. The molecule has 2 aromatic carbocycles. The first kappa shape index (κ1) is 17.3. The van der Waals surface area contributed by atoms with Crippen LogP contribution in [0.3, 0.4) is 0 Å². The third kappa shape index (κ3) is 5.90. The topological polar surface area (TPSA) is 53.9 Å². The predicted octanol–water partition coefficient (Wildman–Crippen LogP) is 2.89. The van der Waals surface area contributed by atoms with Gasteiger partial charge in [-0.25, -0.2) is 5.43 Å². The van der Waals surface area contributed by atoms with Crippen molar-refractivity contribution in [2.75, 3.05) is 25.6 Å². The van der Waals surface area contributed by atoms with Gasteiger partial charge in [-0.1, -0.05) is 12.1 Å². The van der Waals surface area contributed by atoms with Gasteiger partial charge in [-0.05, 0) is 64.6 Å². The number of nitrogens with one attached hydrogen (secondary N) is 1. The minimum atomic E-state index is -0.301. The van der Waals surface area contributed by atoms with E-state index >= 15 is 0 Å². The van der Waals surface area contributed by atoms with E-state index in [1.807, 2.05) is 67.5 Å². The lowest BCUT2D eigenvalue weighted by molar-refractivity contribution is -0.123. The van der Waals surface area contributed by atoms with Crippen LogP contribution >= 0.6 is 22.6 Å². The summed E-state index contributed by atoms with van der Waals surface area (Å²) < 4.78 is 6.49. The number of amides is 1. The zero-order chi connectivity index (χ0) is 16.7. The summed E-state index contributed by atoms with van der Waals surface area (Å²) in [4.78, 5) is 13.7. The van der Waals surface area contributed by atoms with Crippen LogP contribution in [0.1, 0.15) is 5.56 Å². The Morgan fingerprint density at radius 2 is 1.83 bits per heavy atom. The van der Waals surface area contributed by atoms with E-state index in [9.17, 15) is 4.79 Å². The Morgan fingerprint density at radius 1 is 1.17 bits per heavy atom. The highest BCUT2D eigenvalue weighted by molar-refractivity contribution is 14.1. The van der Waals surface area contributed by atoms with Crippen LogP contribution in [0.15, 0.2) is 53.6 Å². The van der Waals surface area contributed by atoms with E-state index in [1.54, 1.807) is 6.21 Å². The largest absolute Gasteiger partial charge is 0.484 e. The molecule has 2 rings (SSSR count). The minimum Gasteiger partial charge on any atom is -0.484 e. The van der Waals surface area contributed by atoms with Gasteiger partial charge in [0.25, 0.3) is 5.91 Å². The molecule has 6 heteroatoms. The van der Waals surface area contributed by atoms with Crippen molar-refractivity contribution in [1.29, 1.82) is 0 Å². The number of hydrazone groups is 1. The number of halogens is 1. The van der Waals surface area contributed by atoms with Crippen LogP contribution in [0.4, 0.5) is 5.69 Å². The standard InChI is InChI=1S/C17H18IN3O2/c1-21(2)15-7-3-13(4-8-15)11-19-20-17(22)12-23-16-9-5-14(18)6-10-16/h3-11H,12H2,1-2H3,(H,20,22). The Hall–Kier alpha value is -2.09. The molecule has 0 aliphatic rings. The first-order valence-electron chi connectivity index (χ1n) is 7.02. The summed E-state index contributed by atoms with van der Waals surface area (Å²) in [6.07, 6.45) is 1.60. The molecule has 0 aliphatic heterocycles. The van der Waals surface area contributed by atoms with Gasteiger partial charge in [-0.3, -0.25) is 4.79 Å². The van der Waals surface area contributed by atoms with Crippen LogP contribution in [-0.2, 0) is 4.79 Å². The van der Waals surface area contributed by atoms with Gasteiger partial charge in [0, 0.05) is 23.4 Å². The van der Waals surface area contributed by atoms with Gasteiger partial charge in [-0.15, -0.1) is 0 Å². The Kier molecular flexibility index (Phi) is 6.40. The fourth-order valence-electron chi connectivity index (χ4n) is 1.75. The zero-order valence-electron chi connectivity index (χ0n) is 13.0. The van der Waals surface area contributed by atoms with Crippen molar-refractivity contribution in [2.45, 2.75) is 0 Å². The highest BCUT2D eigenvalue weighted by Gasteiger charge is 2.01. The van der Waals surface area contributed by atoms with Crippen LogP contribution in [0.2, 0.25) is 0 Å². The third-order valence-corrected chi connectivity index (χ3v) is 3.72. The summed E-state index contributed by atoms with van der Waals surface area (Å²) in [6.45, 7) is -0.0719. The fourth-order valence-corrected chi connectivity index (χ4v) is 2.11. The molecule has 0 spiro atoms. The average Bonchev–Trinajstić information content (AvgIpc) is 2.55. The molecule has 2 aromatic rings. The molecular weight excluding hydrogens is 405 g/mol. The lowest BCUT2D eigenvalue weighted by Crippen LogP contribution is -2.24. The van der Waals surface area contributed by atoms with Gasteiger partial charge < -0.3 is 9.64 Å². The van der Waals surface area contributed by atoms with Crippen LogP contribution in [0.5, 0.6) is 5.75 Å². The smallest absolute Gasteiger partial charge is 0.277 e. The minimum absolute atomic E-state index is 0.0719. The highest BCUT2D eigenvalue weighted by Crippen LogP contribution is 2.13. The fraction of sp³-hybridized carbons (Fsp3) is 0.176. The van der Waals surface area contributed by atoms with E-state index in [4.69, 9.17) is 4.74 Å². The molecule has 0 aromatic heterocycles. The van der Waals surface area contributed by atoms with Crippen LogP contribution in [0.25, 0.3) is 0 Å². The number of hydrogen-bond acceptors (Lipinski definition) is 4. The van der Waals surface area contributed by atoms with Crippen LogP contribution < -0.4 is 15.1 Å². The molecule has 0 aliphatic carbocycles. The maximum absolute atomic E-state index is 11.7. The van der Waals surface area contributed by atoms with Gasteiger partial charge in [0.1, 0.15) is 5.75 Å². The number of hydrogen-bond donors (Lipinski definition) is 1. The maximum atomic E-state index is 11.7. The van der Waals surface area contributed by atoms with Crippen LogP contribution in [0, 0.1) is 3.57 Å². The summed E-state index contributed by atoms with van der Waals surface area (Å²) in [6, 6.07) is 15.3. The predicted molar refractivity (Wildman–Crippen MR) is 101 cm³/mol. The van der Waals surface area contributed by atoms with E-state index in [1.165, 1.54) is 0 Å². The van der Waals surface area contributed by atoms with Gasteiger partial charge in [0.15, 0.2) is 6.61 Å². The molecule has 0 unspecified atom stereocenters. The Balaban J connectivity index is 1.78. The number of nitrogens with zero attached hydrogens (tertiary/aromatic N) is 2. The lowest BCUT2D eigenvalue weighted by atomic mass is 10.2. The van der Waals surface area contributed by atoms with Crippen molar-refractivity contribution >= 4 is 40.4 Å². The van der Waals surface area contributed by atoms with Crippen molar-refractivity contribution in [3.05, 3.63) is 57.7 Å². The van der Waals surface area contributed by atoms with Gasteiger partial charge in [-0.2, -0.15) is 5.10 Å². The van der Waals surface area contributed by atoms with Crippen molar-refractivity contribution in [3.63, 3.8) is 0 Å². The third-order valence-electron chi connectivity index (χ3n) is 3.00. The SMILES string of the molecule is CN(C)c1ccc(C=NNC(=O)COc2ccc(I)cc2)cc1. The summed E-state index contributed by atoms with van der Waals surface area (Å²) >= 11 is 2.21. The van der Waals surface area contributed by atoms with E-state index < -0.39 is 0 Å². The second kappa shape index (κ2) is 8.52. The summed E-state index contributed by atoms with van der Waals surface area (Å²) in [5, 5.41) is 3.92. The van der Waals surface area contributed by atoms with E-state index in [-0.39, 0.29) is 12.5 Å². The van der Waals surface area contributed by atoms with Crippen molar-refractivity contribution < 1.29 is 9.53 Å². The van der Waals surface area contributed by atoms with E-state index in [0.717, 1.165) is 14.8 Å².